The fourth-order valence-corrected chi connectivity index (χ4v) is 2.58. The first kappa shape index (κ1) is 15.0. The number of nitrogens with one attached hydrogen (secondary N) is 1. The summed E-state index contributed by atoms with van der Waals surface area (Å²) in [6.07, 6.45) is 1.55. The van der Waals surface area contributed by atoms with Crippen molar-refractivity contribution >= 4 is 10.8 Å². The van der Waals surface area contributed by atoms with E-state index in [4.69, 9.17) is 0 Å². The van der Waals surface area contributed by atoms with Gasteiger partial charge < -0.3 is 10.4 Å². The molecule has 20 heavy (non-hydrogen) atoms. The molecule has 0 amide bonds. The second-order valence-corrected chi connectivity index (χ2v) is 5.60. The van der Waals surface area contributed by atoms with Gasteiger partial charge in [-0.05, 0) is 36.1 Å². The highest BCUT2D eigenvalue weighted by Gasteiger charge is 2.22. The van der Waals surface area contributed by atoms with Crippen molar-refractivity contribution in [2.75, 3.05) is 6.54 Å². The lowest BCUT2D eigenvalue weighted by molar-refractivity contribution is 0.0303. The first-order chi connectivity index (χ1) is 9.59. The molecule has 0 aliphatic carbocycles. The Balaban J connectivity index is 2.18. The molecule has 0 fully saturated rings. The molecule has 2 nitrogen and oxygen atoms in total. The van der Waals surface area contributed by atoms with Crippen LogP contribution in [0.3, 0.4) is 0 Å². The highest BCUT2D eigenvalue weighted by atomic mass is 16.3. The van der Waals surface area contributed by atoms with E-state index in [1.54, 1.807) is 0 Å². The van der Waals surface area contributed by atoms with Gasteiger partial charge in [0.25, 0.3) is 0 Å². The van der Waals surface area contributed by atoms with Crippen molar-refractivity contribution in [3.8, 4) is 0 Å². The Morgan fingerprint density at radius 3 is 2.40 bits per heavy atom. The van der Waals surface area contributed by atoms with Crippen LogP contribution in [0.5, 0.6) is 0 Å². The minimum atomic E-state index is -0.598. The molecule has 0 saturated carbocycles. The van der Waals surface area contributed by atoms with Crippen LogP contribution in [0.25, 0.3) is 10.8 Å². The summed E-state index contributed by atoms with van der Waals surface area (Å²) in [4.78, 5) is 0. The molecule has 0 bridgehead atoms. The SMILES string of the molecule is CCC(O)(CC)CNC(C)c1cccc2ccccc12. The number of aliphatic hydroxyl groups is 1. The van der Waals surface area contributed by atoms with Crippen molar-refractivity contribution in [1.29, 1.82) is 0 Å². The topological polar surface area (TPSA) is 32.3 Å². The average Bonchev–Trinajstić information content (AvgIpc) is 2.51. The lowest BCUT2D eigenvalue weighted by Crippen LogP contribution is -2.40. The zero-order valence-corrected chi connectivity index (χ0v) is 12.7. The van der Waals surface area contributed by atoms with Crippen LogP contribution in [0, 0.1) is 0 Å². The highest BCUT2D eigenvalue weighted by molar-refractivity contribution is 5.86. The molecule has 2 rings (SSSR count). The van der Waals surface area contributed by atoms with E-state index < -0.39 is 5.60 Å². The monoisotopic (exact) mass is 271 g/mol. The first-order valence-corrected chi connectivity index (χ1v) is 7.53. The molecule has 1 unspecified atom stereocenters. The Morgan fingerprint density at radius 1 is 1.05 bits per heavy atom. The third-order valence-electron chi connectivity index (χ3n) is 4.34. The van der Waals surface area contributed by atoms with E-state index in [1.807, 2.05) is 13.8 Å². The Labute approximate surface area is 121 Å². The van der Waals surface area contributed by atoms with Gasteiger partial charge in [0.1, 0.15) is 0 Å². The third-order valence-corrected chi connectivity index (χ3v) is 4.34. The summed E-state index contributed by atoms with van der Waals surface area (Å²) >= 11 is 0. The number of benzene rings is 2. The summed E-state index contributed by atoms with van der Waals surface area (Å²) in [5.41, 5.74) is 0.691. The highest BCUT2D eigenvalue weighted by Crippen LogP contribution is 2.24. The summed E-state index contributed by atoms with van der Waals surface area (Å²) < 4.78 is 0. The van der Waals surface area contributed by atoms with Crippen molar-refractivity contribution in [3.63, 3.8) is 0 Å². The zero-order chi connectivity index (χ0) is 14.6. The van der Waals surface area contributed by atoms with Crippen LogP contribution in [-0.2, 0) is 0 Å². The third kappa shape index (κ3) is 3.20. The Hall–Kier alpha value is -1.38. The van der Waals surface area contributed by atoms with Crippen molar-refractivity contribution in [3.05, 3.63) is 48.0 Å². The smallest absolute Gasteiger partial charge is 0.0766 e. The summed E-state index contributed by atoms with van der Waals surface area (Å²) in [5.74, 6) is 0. The van der Waals surface area contributed by atoms with Crippen molar-refractivity contribution in [1.82, 2.24) is 5.32 Å². The molecule has 108 valence electrons. The molecule has 0 aliphatic rings. The molecular formula is C18H25NO. The van der Waals surface area contributed by atoms with Gasteiger partial charge in [0, 0.05) is 12.6 Å². The van der Waals surface area contributed by atoms with E-state index >= 15 is 0 Å². The van der Waals surface area contributed by atoms with Crippen molar-refractivity contribution < 1.29 is 5.11 Å². The van der Waals surface area contributed by atoms with E-state index in [0.29, 0.717) is 6.54 Å². The van der Waals surface area contributed by atoms with Gasteiger partial charge in [-0.2, -0.15) is 0 Å². The Bertz CT molecular complexity index is 555. The van der Waals surface area contributed by atoms with Crippen LogP contribution in [0.1, 0.15) is 45.2 Å². The number of hydrogen-bond donors (Lipinski definition) is 2. The van der Waals surface area contributed by atoms with E-state index in [9.17, 15) is 5.11 Å². The maximum atomic E-state index is 10.4. The summed E-state index contributed by atoms with van der Waals surface area (Å²) in [6, 6.07) is 15.1. The van der Waals surface area contributed by atoms with Crippen molar-refractivity contribution in [2.45, 2.75) is 45.3 Å². The molecule has 2 aromatic carbocycles. The second-order valence-electron chi connectivity index (χ2n) is 5.60. The molecule has 0 aliphatic heterocycles. The summed E-state index contributed by atoms with van der Waals surface area (Å²) in [5, 5.41) is 16.4. The number of hydrogen-bond acceptors (Lipinski definition) is 2. The van der Waals surface area contributed by atoms with Gasteiger partial charge in [0.15, 0.2) is 0 Å². The maximum Gasteiger partial charge on any atom is 0.0766 e. The fourth-order valence-electron chi connectivity index (χ4n) is 2.58. The van der Waals surface area contributed by atoms with Crippen LogP contribution >= 0.6 is 0 Å². The molecule has 0 radical (unpaired) electrons. The second kappa shape index (κ2) is 6.38. The molecule has 0 heterocycles. The van der Waals surface area contributed by atoms with Crippen LogP contribution < -0.4 is 5.32 Å². The lowest BCUT2D eigenvalue weighted by atomic mass is 9.95. The van der Waals surface area contributed by atoms with Crippen LogP contribution in [0.15, 0.2) is 42.5 Å². The molecule has 2 N–H and O–H groups in total. The van der Waals surface area contributed by atoms with Gasteiger partial charge in [-0.1, -0.05) is 56.3 Å². The van der Waals surface area contributed by atoms with E-state index in [2.05, 4.69) is 54.7 Å². The Morgan fingerprint density at radius 2 is 1.70 bits per heavy atom. The van der Waals surface area contributed by atoms with Gasteiger partial charge in [-0.25, -0.2) is 0 Å². The van der Waals surface area contributed by atoms with Gasteiger partial charge >= 0.3 is 0 Å². The molecular weight excluding hydrogens is 246 g/mol. The molecule has 0 spiro atoms. The first-order valence-electron chi connectivity index (χ1n) is 7.53. The van der Waals surface area contributed by atoms with Crippen LogP contribution in [0.2, 0.25) is 0 Å². The summed E-state index contributed by atoms with van der Waals surface area (Å²) in [6.45, 7) is 6.86. The predicted molar refractivity (Wildman–Crippen MR) is 85.9 cm³/mol. The van der Waals surface area contributed by atoms with E-state index in [-0.39, 0.29) is 6.04 Å². The number of fused-ring (bicyclic) bond motifs is 1. The largest absolute Gasteiger partial charge is 0.389 e. The van der Waals surface area contributed by atoms with E-state index in [0.717, 1.165) is 12.8 Å². The molecule has 0 saturated heterocycles. The quantitative estimate of drug-likeness (QED) is 0.831. The zero-order valence-electron chi connectivity index (χ0n) is 12.7. The lowest BCUT2D eigenvalue weighted by Gasteiger charge is -2.28. The van der Waals surface area contributed by atoms with Crippen LogP contribution in [-0.4, -0.2) is 17.3 Å². The van der Waals surface area contributed by atoms with E-state index in [1.165, 1.54) is 16.3 Å². The minimum absolute atomic E-state index is 0.228. The average molecular weight is 271 g/mol. The maximum absolute atomic E-state index is 10.4. The minimum Gasteiger partial charge on any atom is -0.389 e. The van der Waals surface area contributed by atoms with Gasteiger partial charge in [-0.3, -0.25) is 0 Å². The molecule has 1 atom stereocenters. The fraction of sp³-hybridized carbons (Fsp3) is 0.444. The van der Waals surface area contributed by atoms with Crippen LogP contribution in [0.4, 0.5) is 0 Å². The standard InChI is InChI=1S/C18H25NO/c1-4-18(20,5-2)13-19-14(3)16-12-8-10-15-9-6-7-11-17(15)16/h6-12,14,19-20H,4-5,13H2,1-3H3. The molecule has 2 aromatic rings. The predicted octanol–water partition coefficient (Wildman–Crippen LogP) is 4.04. The number of rotatable bonds is 6. The Kier molecular flexibility index (Phi) is 4.79. The normalized spacial score (nSPS) is 13.6. The van der Waals surface area contributed by atoms with Gasteiger partial charge in [-0.15, -0.1) is 0 Å². The molecule has 0 aromatic heterocycles. The van der Waals surface area contributed by atoms with Gasteiger partial charge in [0.2, 0.25) is 0 Å². The molecule has 2 heteroatoms. The summed E-state index contributed by atoms with van der Waals surface area (Å²) in [7, 11) is 0. The van der Waals surface area contributed by atoms with Gasteiger partial charge in [0.05, 0.1) is 5.60 Å². The van der Waals surface area contributed by atoms with Crippen molar-refractivity contribution in [2.24, 2.45) is 0 Å².